The summed E-state index contributed by atoms with van der Waals surface area (Å²) in [5, 5.41) is 2.76. The van der Waals surface area contributed by atoms with Crippen LogP contribution in [0.15, 0.2) is 35.2 Å². The number of pyridine rings is 1. The topological polar surface area (TPSA) is 164 Å². The molecule has 2 saturated heterocycles. The maximum Gasteiger partial charge on any atom is 0.276 e. The second kappa shape index (κ2) is 13.4. The number of nitrogens with two attached hydrogens (primary N) is 2. The van der Waals surface area contributed by atoms with Crippen LogP contribution >= 0.6 is 11.6 Å². The third-order valence-electron chi connectivity index (χ3n) is 9.76. The van der Waals surface area contributed by atoms with Crippen molar-refractivity contribution in [3.63, 3.8) is 0 Å². The van der Waals surface area contributed by atoms with Crippen LogP contribution in [0.5, 0.6) is 5.75 Å². The second-order valence-electron chi connectivity index (χ2n) is 12.7. The standard InChI is InChI=1S/C31H40ClF2N7O5S/c32-27-14-21(31(33,34)20-4-2-19(3-5-20)30(43)37-9-1-8-35)15-28(38-27)39-10-12-40(13-11-39)47(44,45)22-6-7-24-26(16-22)46-18-25-23(36)17-29(42)41(24)25/h6-7,14-16,19-20,23,25H,1-5,8-13,17-18,35-36H2,(H,37,43). The zero-order valence-corrected chi connectivity index (χ0v) is 27.5. The highest BCUT2D eigenvalue weighted by Crippen LogP contribution is 2.46. The Balaban J connectivity index is 1.10. The summed E-state index contributed by atoms with van der Waals surface area (Å²) in [5.74, 6) is -4.11. The van der Waals surface area contributed by atoms with Gasteiger partial charge in [-0.1, -0.05) is 11.6 Å². The van der Waals surface area contributed by atoms with Crippen LogP contribution in [0, 0.1) is 11.8 Å². The Labute approximate surface area is 277 Å². The number of nitrogens with zero attached hydrogens (tertiary/aromatic N) is 4. The number of ether oxygens (including phenoxy) is 1. The summed E-state index contributed by atoms with van der Waals surface area (Å²) in [7, 11) is -3.92. The molecule has 4 aliphatic rings. The summed E-state index contributed by atoms with van der Waals surface area (Å²) < 4.78 is 66.0. The van der Waals surface area contributed by atoms with Gasteiger partial charge in [0.1, 0.15) is 23.3 Å². The number of halogens is 3. The zero-order valence-electron chi connectivity index (χ0n) is 25.9. The van der Waals surface area contributed by atoms with E-state index in [1.165, 1.54) is 28.6 Å². The molecule has 2 aromatic rings. The van der Waals surface area contributed by atoms with Gasteiger partial charge in [0.25, 0.3) is 5.92 Å². The van der Waals surface area contributed by atoms with Gasteiger partial charge in [0.15, 0.2) is 0 Å². The van der Waals surface area contributed by atoms with E-state index in [1.807, 2.05) is 0 Å². The lowest BCUT2D eigenvalue weighted by atomic mass is 9.77. The monoisotopic (exact) mass is 695 g/mol. The Bertz CT molecular complexity index is 1620. The van der Waals surface area contributed by atoms with Crippen LogP contribution in [0.3, 0.4) is 0 Å². The number of hydrogen-bond donors (Lipinski definition) is 3. The molecule has 0 spiro atoms. The molecule has 256 valence electrons. The van der Waals surface area contributed by atoms with E-state index in [2.05, 4.69) is 10.3 Å². The van der Waals surface area contributed by atoms with Gasteiger partial charge >= 0.3 is 0 Å². The van der Waals surface area contributed by atoms with Crippen molar-refractivity contribution in [1.29, 1.82) is 0 Å². The molecule has 47 heavy (non-hydrogen) atoms. The first-order valence-electron chi connectivity index (χ1n) is 16.0. The van der Waals surface area contributed by atoms with Crippen LogP contribution in [0.25, 0.3) is 0 Å². The maximum atomic E-state index is 15.8. The van der Waals surface area contributed by atoms with E-state index >= 15 is 8.78 Å². The molecule has 1 aliphatic carbocycles. The maximum absolute atomic E-state index is 15.8. The normalized spacial score (nSPS) is 25.3. The summed E-state index contributed by atoms with van der Waals surface area (Å²) in [4.78, 5) is 32.6. The average molecular weight is 696 g/mol. The van der Waals surface area contributed by atoms with Crippen LogP contribution < -0.4 is 31.3 Å². The first-order chi connectivity index (χ1) is 22.4. The Morgan fingerprint density at radius 1 is 1.11 bits per heavy atom. The molecule has 2 amide bonds. The molecule has 1 saturated carbocycles. The average Bonchev–Trinajstić information content (AvgIpc) is 3.37. The summed E-state index contributed by atoms with van der Waals surface area (Å²) >= 11 is 6.25. The second-order valence-corrected chi connectivity index (χ2v) is 15.0. The van der Waals surface area contributed by atoms with Gasteiger partial charge < -0.3 is 31.3 Å². The van der Waals surface area contributed by atoms with Gasteiger partial charge in [-0.3, -0.25) is 9.59 Å². The number of benzene rings is 1. The van der Waals surface area contributed by atoms with Crippen LogP contribution in [-0.2, 0) is 25.5 Å². The smallest absolute Gasteiger partial charge is 0.276 e. The molecule has 1 aromatic heterocycles. The number of aromatic nitrogens is 1. The number of amides is 2. The first-order valence-corrected chi connectivity index (χ1v) is 17.8. The van der Waals surface area contributed by atoms with E-state index in [9.17, 15) is 18.0 Å². The van der Waals surface area contributed by atoms with E-state index in [0.717, 1.165) is 0 Å². The van der Waals surface area contributed by atoms with Crippen molar-refractivity contribution in [2.45, 2.75) is 61.4 Å². The van der Waals surface area contributed by atoms with E-state index in [-0.39, 0.29) is 103 Å². The summed E-state index contributed by atoms with van der Waals surface area (Å²) in [6, 6.07) is 6.34. The van der Waals surface area contributed by atoms with Gasteiger partial charge in [-0.2, -0.15) is 4.31 Å². The molecule has 3 fully saturated rings. The van der Waals surface area contributed by atoms with Crippen LogP contribution in [0.1, 0.15) is 44.1 Å². The Morgan fingerprint density at radius 2 is 1.83 bits per heavy atom. The highest BCUT2D eigenvalue weighted by Gasteiger charge is 2.45. The molecule has 6 rings (SSSR count). The number of carbonyl (C=O) groups excluding carboxylic acids is 2. The van der Waals surface area contributed by atoms with Crippen molar-refractivity contribution in [3.05, 3.63) is 41.0 Å². The lowest BCUT2D eigenvalue weighted by Crippen LogP contribution is -2.49. The molecular formula is C31H40ClF2N7O5S. The fraction of sp³-hybridized carbons (Fsp3) is 0.581. The van der Waals surface area contributed by atoms with Gasteiger partial charge in [0, 0.05) is 68.7 Å². The fourth-order valence-corrected chi connectivity index (χ4v) is 8.67. The number of carbonyl (C=O) groups is 2. The lowest BCUT2D eigenvalue weighted by Gasteiger charge is -2.36. The first kappa shape index (κ1) is 33.8. The Morgan fingerprint density at radius 3 is 2.53 bits per heavy atom. The lowest BCUT2D eigenvalue weighted by molar-refractivity contribution is -0.129. The number of nitrogens with one attached hydrogen (secondary N) is 1. The summed E-state index contributed by atoms with van der Waals surface area (Å²) in [6.07, 6.45) is 2.01. The molecule has 12 nitrogen and oxygen atoms in total. The SMILES string of the molecule is NCCCNC(=O)C1CCC(C(F)(F)c2cc(Cl)nc(N3CCN(S(=O)(=O)c4ccc5c(c4)OCC4C(N)CC(=O)N54)CC3)c2)CC1. The molecule has 2 atom stereocenters. The van der Waals surface area contributed by atoms with Crippen LogP contribution in [-0.4, -0.2) is 87.5 Å². The molecule has 0 radical (unpaired) electrons. The number of hydrogen-bond acceptors (Lipinski definition) is 9. The van der Waals surface area contributed by atoms with Gasteiger partial charge in [-0.05, 0) is 62.9 Å². The minimum atomic E-state index is -3.92. The van der Waals surface area contributed by atoms with E-state index < -0.39 is 21.9 Å². The number of alkyl halides is 2. The van der Waals surface area contributed by atoms with Crippen molar-refractivity contribution in [2.24, 2.45) is 23.3 Å². The molecule has 1 aromatic carbocycles. The molecule has 4 heterocycles. The third-order valence-corrected chi connectivity index (χ3v) is 11.9. The molecular weight excluding hydrogens is 656 g/mol. The van der Waals surface area contributed by atoms with Gasteiger partial charge in [-0.25, -0.2) is 22.2 Å². The van der Waals surface area contributed by atoms with Crippen LogP contribution in [0.2, 0.25) is 5.15 Å². The Kier molecular flexibility index (Phi) is 9.64. The highest BCUT2D eigenvalue weighted by atomic mass is 35.5. The summed E-state index contributed by atoms with van der Waals surface area (Å²) in [6.45, 7) is 1.75. The van der Waals surface area contributed by atoms with E-state index in [4.69, 9.17) is 27.8 Å². The predicted molar refractivity (Wildman–Crippen MR) is 172 cm³/mol. The van der Waals surface area contributed by atoms with Gasteiger partial charge in [-0.15, -0.1) is 0 Å². The van der Waals surface area contributed by atoms with E-state index in [1.54, 1.807) is 15.9 Å². The van der Waals surface area contributed by atoms with Crippen LogP contribution in [0.4, 0.5) is 20.3 Å². The van der Waals surface area contributed by atoms with Gasteiger partial charge in [0.05, 0.1) is 16.6 Å². The minimum absolute atomic E-state index is 0.0321. The van der Waals surface area contributed by atoms with E-state index in [0.29, 0.717) is 43.8 Å². The van der Waals surface area contributed by atoms with Gasteiger partial charge in [0.2, 0.25) is 21.8 Å². The van der Waals surface area contributed by atoms with Crippen molar-refractivity contribution in [3.8, 4) is 5.75 Å². The largest absolute Gasteiger partial charge is 0.489 e. The predicted octanol–water partition coefficient (Wildman–Crippen LogP) is 2.43. The molecule has 5 N–H and O–H groups in total. The molecule has 2 unspecified atom stereocenters. The van der Waals surface area contributed by atoms with Crippen molar-refractivity contribution in [1.82, 2.24) is 14.6 Å². The fourth-order valence-electron chi connectivity index (χ4n) is 7.02. The molecule has 0 bridgehead atoms. The number of fused-ring (bicyclic) bond motifs is 3. The third kappa shape index (κ3) is 6.64. The number of sulfonamides is 1. The van der Waals surface area contributed by atoms with Crippen molar-refractivity contribution < 1.29 is 31.5 Å². The number of anilines is 2. The highest BCUT2D eigenvalue weighted by molar-refractivity contribution is 7.89. The number of rotatable bonds is 9. The zero-order chi connectivity index (χ0) is 33.5. The number of piperazine rings is 1. The Hall–Kier alpha value is -3.11. The molecule has 3 aliphatic heterocycles. The summed E-state index contributed by atoms with van der Waals surface area (Å²) in [5.41, 5.74) is 11.8. The molecule has 16 heteroatoms. The minimum Gasteiger partial charge on any atom is -0.489 e. The quantitative estimate of drug-likeness (QED) is 0.264. The van der Waals surface area contributed by atoms with Crippen molar-refractivity contribution >= 4 is 44.9 Å². The van der Waals surface area contributed by atoms with Crippen molar-refractivity contribution in [2.75, 3.05) is 55.7 Å².